The fourth-order valence-electron chi connectivity index (χ4n) is 1.99. The van der Waals surface area contributed by atoms with Gasteiger partial charge in [0.2, 0.25) is 0 Å². The van der Waals surface area contributed by atoms with Gasteiger partial charge in [0, 0.05) is 6.20 Å². The molecule has 0 aliphatic heterocycles. The number of amides is 2. The van der Waals surface area contributed by atoms with Crippen LogP contribution in [0.4, 0.5) is 9.18 Å². The first-order chi connectivity index (χ1) is 11.1. The van der Waals surface area contributed by atoms with Crippen molar-refractivity contribution >= 4 is 6.03 Å². The monoisotopic (exact) mass is 317 g/mol. The van der Waals surface area contributed by atoms with Crippen LogP contribution < -0.4 is 15.4 Å². The van der Waals surface area contributed by atoms with Gasteiger partial charge in [0.25, 0.3) is 0 Å². The van der Waals surface area contributed by atoms with Gasteiger partial charge < -0.3 is 15.4 Å². The van der Waals surface area contributed by atoms with Crippen LogP contribution in [-0.2, 0) is 0 Å². The van der Waals surface area contributed by atoms with Gasteiger partial charge in [-0.2, -0.15) is 0 Å². The molecule has 0 saturated carbocycles. The van der Waals surface area contributed by atoms with E-state index in [0.717, 1.165) is 5.69 Å². The molecule has 2 amide bonds. The van der Waals surface area contributed by atoms with Gasteiger partial charge in [-0.1, -0.05) is 18.2 Å². The number of hydrogen-bond acceptors (Lipinski definition) is 3. The van der Waals surface area contributed by atoms with Crippen LogP contribution in [-0.4, -0.2) is 23.7 Å². The Morgan fingerprint density at radius 2 is 1.96 bits per heavy atom. The summed E-state index contributed by atoms with van der Waals surface area (Å²) in [5.41, 5.74) is 0.776. The molecular weight excluding hydrogens is 297 g/mol. The van der Waals surface area contributed by atoms with Crippen LogP contribution in [0.25, 0.3) is 0 Å². The third kappa shape index (κ3) is 5.25. The van der Waals surface area contributed by atoms with Crippen molar-refractivity contribution in [2.24, 2.45) is 0 Å². The number of nitrogens with one attached hydrogen (secondary N) is 2. The van der Waals surface area contributed by atoms with Crippen molar-refractivity contribution in [2.75, 3.05) is 6.54 Å². The lowest BCUT2D eigenvalue weighted by Gasteiger charge is -2.18. The van der Waals surface area contributed by atoms with E-state index in [1.807, 2.05) is 25.1 Å². The topological polar surface area (TPSA) is 63.2 Å². The third-order valence-corrected chi connectivity index (χ3v) is 3.19. The summed E-state index contributed by atoms with van der Waals surface area (Å²) < 4.78 is 18.9. The number of para-hydroxylation sites is 1. The zero-order valence-electron chi connectivity index (χ0n) is 13.1. The Morgan fingerprint density at radius 1 is 1.22 bits per heavy atom. The molecule has 122 valence electrons. The fourth-order valence-corrected chi connectivity index (χ4v) is 1.99. The molecule has 0 radical (unpaired) electrons. The largest absolute Gasteiger partial charge is 0.486 e. The van der Waals surface area contributed by atoms with E-state index in [2.05, 4.69) is 15.6 Å². The van der Waals surface area contributed by atoms with Gasteiger partial charge in [-0.25, -0.2) is 9.18 Å². The molecule has 0 fully saturated rings. The zero-order valence-corrected chi connectivity index (χ0v) is 13.1. The van der Waals surface area contributed by atoms with E-state index in [1.165, 1.54) is 6.07 Å². The Morgan fingerprint density at radius 3 is 2.65 bits per heavy atom. The molecule has 0 bridgehead atoms. The summed E-state index contributed by atoms with van der Waals surface area (Å²) in [4.78, 5) is 16.1. The minimum Gasteiger partial charge on any atom is -0.486 e. The van der Waals surface area contributed by atoms with Crippen LogP contribution in [0.1, 0.15) is 25.6 Å². The van der Waals surface area contributed by atoms with E-state index >= 15 is 0 Å². The molecule has 6 heteroatoms. The first-order valence-electron chi connectivity index (χ1n) is 7.42. The number of carbonyl (C=O) groups is 1. The second kappa shape index (κ2) is 8.12. The molecule has 5 nitrogen and oxygen atoms in total. The predicted octanol–water partition coefficient (Wildman–Crippen LogP) is 3.05. The maximum Gasteiger partial charge on any atom is 0.315 e. The number of aromatic nitrogens is 1. The number of pyridine rings is 1. The van der Waals surface area contributed by atoms with E-state index in [0.29, 0.717) is 0 Å². The van der Waals surface area contributed by atoms with Gasteiger partial charge in [0.15, 0.2) is 11.6 Å². The van der Waals surface area contributed by atoms with Crippen LogP contribution in [0, 0.1) is 5.82 Å². The number of urea groups is 1. The normalized spacial score (nSPS) is 13.0. The van der Waals surface area contributed by atoms with E-state index < -0.39 is 5.82 Å². The standard InChI is InChI=1S/C17H20FN3O2/c1-12(23-16-9-4-3-7-14(16)18)11-20-17(22)21-13(2)15-8-5-6-10-19-15/h3-10,12-13H,11H2,1-2H3,(H2,20,21,22)/t12-,13-/m0/s1. The lowest BCUT2D eigenvalue weighted by Crippen LogP contribution is -2.41. The summed E-state index contributed by atoms with van der Waals surface area (Å²) in [5.74, 6) is -0.253. The van der Waals surface area contributed by atoms with Gasteiger partial charge in [-0.3, -0.25) is 4.98 Å². The summed E-state index contributed by atoms with van der Waals surface area (Å²) in [6, 6.07) is 11.2. The number of nitrogens with zero attached hydrogens (tertiary/aromatic N) is 1. The summed E-state index contributed by atoms with van der Waals surface area (Å²) in [6.45, 7) is 3.87. The lowest BCUT2D eigenvalue weighted by atomic mass is 10.2. The van der Waals surface area contributed by atoms with Crippen molar-refractivity contribution in [3.63, 3.8) is 0 Å². The average Bonchev–Trinajstić information content (AvgIpc) is 2.56. The van der Waals surface area contributed by atoms with Crippen molar-refractivity contribution in [3.05, 3.63) is 60.2 Å². The molecule has 23 heavy (non-hydrogen) atoms. The first kappa shape index (κ1) is 16.7. The average molecular weight is 317 g/mol. The van der Waals surface area contributed by atoms with Gasteiger partial charge in [0.1, 0.15) is 6.10 Å². The maximum absolute atomic E-state index is 13.5. The number of benzene rings is 1. The molecule has 0 aliphatic carbocycles. The molecule has 2 N–H and O–H groups in total. The molecule has 1 aromatic heterocycles. The third-order valence-electron chi connectivity index (χ3n) is 3.19. The van der Waals surface area contributed by atoms with Gasteiger partial charge in [-0.15, -0.1) is 0 Å². The molecule has 2 atom stereocenters. The minimum absolute atomic E-state index is 0.170. The Hall–Kier alpha value is -2.63. The highest BCUT2D eigenvalue weighted by Crippen LogP contribution is 2.16. The summed E-state index contributed by atoms with van der Waals surface area (Å²) >= 11 is 0. The second-order valence-electron chi connectivity index (χ2n) is 5.19. The smallest absolute Gasteiger partial charge is 0.315 e. The Bertz CT molecular complexity index is 637. The number of rotatable bonds is 6. The summed E-state index contributed by atoms with van der Waals surface area (Å²) in [5, 5.41) is 5.48. The molecule has 0 unspecified atom stereocenters. The predicted molar refractivity (Wildman–Crippen MR) is 85.7 cm³/mol. The summed E-state index contributed by atoms with van der Waals surface area (Å²) in [7, 11) is 0. The van der Waals surface area contributed by atoms with E-state index in [4.69, 9.17) is 4.74 Å². The van der Waals surface area contributed by atoms with Crippen molar-refractivity contribution in [3.8, 4) is 5.75 Å². The molecule has 2 rings (SSSR count). The lowest BCUT2D eigenvalue weighted by molar-refractivity contribution is 0.200. The quantitative estimate of drug-likeness (QED) is 0.861. The molecule has 1 aromatic carbocycles. The van der Waals surface area contributed by atoms with E-state index in [-0.39, 0.29) is 30.5 Å². The van der Waals surface area contributed by atoms with Crippen molar-refractivity contribution in [1.82, 2.24) is 15.6 Å². The highest BCUT2D eigenvalue weighted by atomic mass is 19.1. The number of halogens is 1. The van der Waals surface area contributed by atoms with E-state index in [9.17, 15) is 9.18 Å². The number of ether oxygens (including phenoxy) is 1. The van der Waals surface area contributed by atoms with Crippen LogP contribution in [0.3, 0.4) is 0 Å². The number of hydrogen-bond donors (Lipinski definition) is 2. The fraction of sp³-hybridized carbons (Fsp3) is 0.294. The van der Waals surface area contributed by atoms with E-state index in [1.54, 1.807) is 31.3 Å². The van der Waals surface area contributed by atoms with Gasteiger partial charge >= 0.3 is 6.03 Å². The molecule has 0 aliphatic rings. The molecule has 0 spiro atoms. The highest BCUT2D eigenvalue weighted by molar-refractivity contribution is 5.74. The van der Waals surface area contributed by atoms with Crippen molar-refractivity contribution in [1.29, 1.82) is 0 Å². The van der Waals surface area contributed by atoms with Crippen molar-refractivity contribution < 1.29 is 13.9 Å². The van der Waals surface area contributed by atoms with Gasteiger partial charge in [-0.05, 0) is 38.1 Å². The van der Waals surface area contributed by atoms with Crippen LogP contribution in [0.2, 0.25) is 0 Å². The Labute approximate surface area is 134 Å². The molecule has 0 saturated heterocycles. The summed E-state index contributed by atoms with van der Waals surface area (Å²) in [6.07, 6.45) is 1.32. The minimum atomic E-state index is -0.424. The first-order valence-corrected chi connectivity index (χ1v) is 7.42. The SMILES string of the molecule is C[C@H](NC(=O)NC[C@H](C)Oc1ccccc1F)c1ccccn1. The van der Waals surface area contributed by atoms with Crippen LogP contribution in [0.15, 0.2) is 48.7 Å². The highest BCUT2D eigenvalue weighted by Gasteiger charge is 2.12. The molecular formula is C17H20FN3O2. The zero-order chi connectivity index (χ0) is 16.7. The van der Waals surface area contributed by atoms with Crippen LogP contribution >= 0.6 is 0 Å². The Balaban J connectivity index is 1.77. The number of carbonyl (C=O) groups excluding carboxylic acids is 1. The van der Waals surface area contributed by atoms with Crippen molar-refractivity contribution in [2.45, 2.75) is 26.0 Å². The van der Waals surface area contributed by atoms with Gasteiger partial charge in [0.05, 0.1) is 18.3 Å². The second-order valence-corrected chi connectivity index (χ2v) is 5.19. The maximum atomic E-state index is 13.5. The Kier molecular flexibility index (Phi) is 5.91. The van der Waals surface area contributed by atoms with Crippen LogP contribution in [0.5, 0.6) is 5.75 Å². The molecule has 1 heterocycles. The molecule has 2 aromatic rings.